The number of ether oxygens (including phenoxy) is 1. The second-order valence-electron chi connectivity index (χ2n) is 8.26. The van der Waals surface area contributed by atoms with Gasteiger partial charge in [0.05, 0.1) is 6.61 Å². The van der Waals surface area contributed by atoms with Crippen molar-refractivity contribution in [3.63, 3.8) is 0 Å². The maximum atomic E-state index is 11.8. The lowest BCUT2D eigenvalue weighted by Gasteiger charge is -2.48. The molecule has 1 aliphatic carbocycles. The Balaban J connectivity index is 1.29. The Morgan fingerprint density at radius 2 is 2.07 bits per heavy atom. The highest BCUT2D eigenvalue weighted by Crippen LogP contribution is 2.47. The van der Waals surface area contributed by atoms with E-state index in [-0.39, 0.29) is 11.5 Å². The number of carbonyl (C=O) groups excluding carboxylic acids is 1. The molecule has 2 aliphatic heterocycles. The van der Waals surface area contributed by atoms with Gasteiger partial charge in [-0.25, -0.2) is 9.78 Å². The molecule has 0 aromatic carbocycles. The number of carbonyl (C=O) groups is 1. The minimum Gasteiger partial charge on any atom is -0.450 e. The van der Waals surface area contributed by atoms with Crippen LogP contribution in [0.2, 0.25) is 0 Å². The number of likely N-dealkylation sites (tertiary alicyclic amines) is 1. The Labute approximate surface area is 166 Å². The Morgan fingerprint density at radius 1 is 1.32 bits per heavy atom. The molecule has 1 saturated carbocycles. The first kappa shape index (κ1) is 19.5. The summed E-state index contributed by atoms with van der Waals surface area (Å²) in [6.45, 7) is 7.47. The van der Waals surface area contributed by atoms with Crippen molar-refractivity contribution in [3.8, 4) is 0 Å². The molecule has 4 rings (SSSR count). The normalized spacial score (nSPS) is 24.3. The summed E-state index contributed by atoms with van der Waals surface area (Å²) in [5, 5.41) is 19.2. The minimum absolute atomic E-state index is 0.178. The molecule has 3 aliphatic rings. The molecule has 1 amide bonds. The Kier molecular flexibility index (Phi) is 5.49. The number of nitrogens with zero attached hydrogens (tertiary/aromatic N) is 4. The van der Waals surface area contributed by atoms with E-state index in [1.165, 1.54) is 12.8 Å². The fraction of sp³-hybridized carbons (Fsp3) is 0.684. The Hall–Kier alpha value is -1.84. The molecule has 1 spiro atoms. The molecule has 2 saturated heterocycles. The molecular weight excluding hydrogens is 359 g/mol. The monoisotopic (exact) mass is 388 g/mol. The molecule has 3 heterocycles. The van der Waals surface area contributed by atoms with Crippen molar-refractivity contribution in [1.29, 1.82) is 0 Å². The number of pyridine rings is 1. The number of hydrogen-bond donors (Lipinski definition) is 2. The first-order valence-electron chi connectivity index (χ1n) is 10.2. The Morgan fingerprint density at radius 3 is 2.75 bits per heavy atom. The van der Waals surface area contributed by atoms with E-state index in [0.29, 0.717) is 23.9 Å². The van der Waals surface area contributed by atoms with Crippen LogP contribution in [0.1, 0.15) is 26.2 Å². The van der Waals surface area contributed by atoms with Crippen molar-refractivity contribution >= 4 is 24.5 Å². The van der Waals surface area contributed by atoms with E-state index >= 15 is 0 Å². The quantitative estimate of drug-likeness (QED) is 0.696. The summed E-state index contributed by atoms with van der Waals surface area (Å²) in [7, 11) is -1.50. The van der Waals surface area contributed by atoms with E-state index in [0.717, 1.165) is 45.7 Å². The zero-order valence-electron chi connectivity index (χ0n) is 16.5. The van der Waals surface area contributed by atoms with Gasteiger partial charge < -0.3 is 24.6 Å². The van der Waals surface area contributed by atoms with Crippen LogP contribution in [-0.4, -0.2) is 90.0 Å². The highest BCUT2D eigenvalue weighted by atomic mass is 16.6. The second kappa shape index (κ2) is 7.89. The van der Waals surface area contributed by atoms with Crippen LogP contribution in [0.15, 0.2) is 18.3 Å². The summed E-state index contributed by atoms with van der Waals surface area (Å²) >= 11 is 0. The number of hydrogen-bond acceptors (Lipinski definition) is 7. The first-order chi connectivity index (χ1) is 13.5. The fourth-order valence-electron chi connectivity index (χ4n) is 5.06. The van der Waals surface area contributed by atoms with Crippen LogP contribution in [0.3, 0.4) is 0 Å². The number of aromatic nitrogens is 1. The van der Waals surface area contributed by atoms with Crippen molar-refractivity contribution in [3.05, 3.63) is 18.3 Å². The van der Waals surface area contributed by atoms with E-state index in [1.807, 2.05) is 11.8 Å². The molecule has 0 unspecified atom stereocenters. The van der Waals surface area contributed by atoms with Crippen molar-refractivity contribution in [2.45, 2.75) is 32.2 Å². The number of amides is 1. The molecule has 2 N–H and O–H groups in total. The highest BCUT2D eigenvalue weighted by molar-refractivity contribution is 6.60. The summed E-state index contributed by atoms with van der Waals surface area (Å²) < 4.78 is 5.10. The third-order valence-electron chi connectivity index (χ3n) is 6.48. The fourth-order valence-corrected chi connectivity index (χ4v) is 5.06. The number of rotatable bonds is 4. The SMILES string of the molecule is CCOC(=O)N1CC2(CC[C@@H](N3CCN(c4ncccc4B(O)O)CC3)C2)C1. The van der Waals surface area contributed by atoms with Crippen LogP contribution in [0.5, 0.6) is 0 Å². The van der Waals surface area contributed by atoms with E-state index in [4.69, 9.17) is 4.74 Å². The van der Waals surface area contributed by atoms with Crippen LogP contribution < -0.4 is 10.4 Å². The van der Waals surface area contributed by atoms with Gasteiger partial charge in [0.1, 0.15) is 5.82 Å². The van der Waals surface area contributed by atoms with Crippen LogP contribution in [0.25, 0.3) is 0 Å². The van der Waals surface area contributed by atoms with E-state index in [1.54, 1.807) is 18.3 Å². The van der Waals surface area contributed by atoms with Gasteiger partial charge in [0, 0.05) is 62.4 Å². The lowest BCUT2D eigenvalue weighted by molar-refractivity contribution is -0.00294. The second-order valence-corrected chi connectivity index (χ2v) is 8.26. The van der Waals surface area contributed by atoms with Gasteiger partial charge in [-0.15, -0.1) is 0 Å². The first-order valence-corrected chi connectivity index (χ1v) is 10.2. The average Bonchev–Trinajstić information content (AvgIpc) is 3.13. The van der Waals surface area contributed by atoms with Gasteiger partial charge in [-0.05, 0) is 32.3 Å². The standard InChI is InChI=1S/C19H29BN4O4/c1-2-28-18(25)24-13-19(14-24)6-5-15(12-19)22-8-10-23(11-9-22)17-16(20(26)27)4-3-7-21-17/h3-4,7,15,26-27H,2,5-6,8-14H2,1H3/t15-/m1/s1. The summed E-state index contributed by atoms with van der Waals surface area (Å²) in [5.41, 5.74) is 0.744. The van der Waals surface area contributed by atoms with E-state index in [2.05, 4.69) is 14.8 Å². The number of anilines is 1. The largest absolute Gasteiger partial charge is 0.492 e. The van der Waals surface area contributed by atoms with E-state index in [9.17, 15) is 14.8 Å². The lowest BCUT2D eigenvalue weighted by Crippen LogP contribution is -2.58. The van der Waals surface area contributed by atoms with Gasteiger partial charge in [0.25, 0.3) is 0 Å². The van der Waals surface area contributed by atoms with Gasteiger partial charge in [-0.3, -0.25) is 4.90 Å². The minimum atomic E-state index is -1.50. The predicted molar refractivity (Wildman–Crippen MR) is 107 cm³/mol. The molecule has 28 heavy (non-hydrogen) atoms. The van der Waals surface area contributed by atoms with Gasteiger partial charge in [0.2, 0.25) is 0 Å². The molecule has 1 aromatic rings. The molecule has 9 heteroatoms. The van der Waals surface area contributed by atoms with Gasteiger partial charge in [-0.2, -0.15) is 0 Å². The molecule has 0 bridgehead atoms. The van der Waals surface area contributed by atoms with Crippen LogP contribution in [-0.2, 0) is 4.74 Å². The van der Waals surface area contributed by atoms with Crippen molar-refractivity contribution in [2.75, 3.05) is 50.8 Å². The summed E-state index contributed by atoms with van der Waals surface area (Å²) in [6, 6.07) is 4.01. The predicted octanol–water partition coefficient (Wildman–Crippen LogP) is -0.106. The molecule has 3 fully saturated rings. The van der Waals surface area contributed by atoms with Crippen molar-refractivity contribution in [1.82, 2.24) is 14.8 Å². The number of piperazine rings is 1. The summed E-state index contributed by atoms with van der Waals surface area (Å²) in [6.07, 6.45) is 5.02. The molecule has 0 radical (unpaired) electrons. The molecule has 8 nitrogen and oxygen atoms in total. The molecular formula is C19H29BN4O4. The van der Waals surface area contributed by atoms with Crippen molar-refractivity contribution in [2.24, 2.45) is 5.41 Å². The maximum Gasteiger partial charge on any atom is 0.492 e. The van der Waals surface area contributed by atoms with E-state index < -0.39 is 7.12 Å². The summed E-state index contributed by atoms with van der Waals surface area (Å²) in [5.74, 6) is 0.670. The lowest BCUT2D eigenvalue weighted by atomic mass is 9.78. The van der Waals surface area contributed by atoms with Gasteiger partial charge >= 0.3 is 13.2 Å². The molecule has 152 valence electrons. The molecule has 1 aromatic heterocycles. The van der Waals surface area contributed by atoms with Crippen molar-refractivity contribution < 1.29 is 19.6 Å². The van der Waals surface area contributed by atoms with Gasteiger partial charge in [-0.1, -0.05) is 6.07 Å². The zero-order chi connectivity index (χ0) is 19.7. The van der Waals surface area contributed by atoms with Crippen LogP contribution in [0, 0.1) is 5.41 Å². The topological polar surface area (TPSA) is 89.4 Å². The van der Waals surface area contributed by atoms with Crippen LogP contribution >= 0.6 is 0 Å². The Bertz CT molecular complexity index is 705. The third kappa shape index (κ3) is 3.70. The maximum absolute atomic E-state index is 11.8. The highest BCUT2D eigenvalue weighted by Gasteiger charge is 2.51. The van der Waals surface area contributed by atoms with Gasteiger partial charge in [0.15, 0.2) is 0 Å². The average molecular weight is 388 g/mol. The smallest absolute Gasteiger partial charge is 0.450 e. The molecule has 1 atom stereocenters. The summed E-state index contributed by atoms with van der Waals surface area (Å²) in [4.78, 5) is 22.7. The zero-order valence-corrected chi connectivity index (χ0v) is 16.5. The van der Waals surface area contributed by atoms with Crippen LogP contribution in [0.4, 0.5) is 10.6 Å². The third-order valence-corrected chi connectivity index (χ3v) is 6.48.